The van der Waals surface area contributed by atoms with Crippen molar-refractivity contribution < 1.29 is 4.79 Å². The number of carbonyl (C=O) groups excluding carboxylic acids is 1. The molecule has 1 N–H and O–H groups in total. The van der Waals surface area contributed by atoms with Gasteiger partial charge in [0.15, 0.2) is 0 Å². The molecule has 1 amide bonds. The topological polar surface area (TPSA) is 58.1 Å². The van der Waals surface area contributed by atoms with E-state index in [0.717, 1.165) is 37.4 Å². The number of hydrogen-bond acceptors (Lipinski definition) is 4. The normalized spacial score (nSPS) is 15.7. The van der Waals surface area contributed by atoms with Gasteiger partial charge in [-0.05, 0) is 25.0 Å². The van der Waals surface area contributed by atoms with Crippen LogP contribution < -0.4 is 10.2 Å². The molecule has 0 unspecified atom stereocenters. The van der Waals surface area contributed by atoms with E-state index in [1.54, 1.807) is 18.6 Å². The highest BCUT2D eigenvalue weighted by Crippen LogP contribution is 2.22. The summed E-state index contributed by atoms with van der Waals surface area (Å²) in [7, 11) is 0. The number of rotatable bonds is 3. The Balaban J connectivity index is 1.55. The molecule has 21 heavy (non-hydrogen) atoms. The monoisotopic (exact) mass is 282 g/mol. The number of nitrogens with one attached hydrogen (secondary N) is 1. The standard InChI is InChI=1S/C16H18N4O/c21-16(19-14-4-2-1-3-5-14)13-6-10-20(11-7-13)15-12-17-8-9-18-15/h1-5,8-9,12-13H,6-7,10-11H2,(H,19,21). The van der Waals surface area contributed by atoms with Crippen LogP contribution in [0, 0.1) is 5.92 Å². The third kappa shape index (κ3) is 3.37. The molecule has 2 heterocycles. The molecule has 0 radical (unpaired) electrons. The number of anilines is 2. The second kappa shape index (κ2) is 6.35. The Bertz CT molecular complexity index is 580. The van der Waals surface area contributed by atoms with E-state index >= 15 is 0 Å². The minimum Gasteiger partial charge on any atom is -0.355 e. The fraction of sp³-hybridized carbons (Fsp3) is 0.312. The third-order valence-electron chi connectivity index (χ3n) is 3.78. The smallest absolute Gasteiger partial charge is 0.227 e. The van der Waals surface area contributed by atoms with Crippen molar-refractivity contribution in [1.29, 1.82) is 0 Å². The summed E-state index contributed by atoms with van der Waals surface area (Å²) < 4.78 is 0. The van der Waals surface area contributed by atoms with Gasteiger partial charge in [0.1, 0.15) is 5.82 Å². The van der Waals surface area contributed by atoms with E-state index in [1.165, 1.54) is 0 Å². The number of hydrogen-bond donors (Lipinski definition) is 1. The Morgan fingerprint density at radius 3 is 2.57 bits per heavy atom. The van der Waals surface area contributed by atoms with Gasteiger partial charge in [0.25, 0.3) is 0 Å². The number of nitrogens with zero attached hydrogens (tertiary/aromatic N) is 3. The highest BCUT2D eigenvalue weighted by molar-refractivity contribution is 5.92. The Morgan fingerprint density at radius 1 is 1.14 bits per heavy atom. The first-order chi connectivity index (χ1) is 10.3. The Kier molecular flexibility index (Phi) is 4.09. The van der Waals surface area contributed by atoms with Crippen molar-refractivity contribution in [3.8, 4) is 0 Å². The molecule has 1 fully saturated rings. The SMILES string of the molecule is O=C(Nc1ccccc1)C1CCN(c2cnccn2)CC1. The van der Waals surface area contributed by atoms with Crippen LogP contribution in [0.3, 0.4) is 0 Å². The maximum absolute atomic E-state index is 12.3. The summed E-state index contributed by atoms with van der Waals surface area (Å²) in [4.78, 5) is 22.8. The lowest BCUT2D eigenvalue weighted by atomic mass is 9.96. The van der Waals surface area contributed by atoms with Crippen LogP contribution in [-0.4, -0.2) is 29.0 Å². The van der Waals surface area contributed by atoms with Crippen LogP contribution in [0.4, 0.5) is 11.5 Å². The van der Waals surface area contributed by atoms with Gasteiger partial charge < -0.3 is 10.2 Å². The van der Waals surface area contributed by atoms with Crippen molar-refractivity contribution >= 4 is 17.4 Å². The summed E-state index contributed by atoms with van der Waals surface area (Å²) >= 11 is 0. The molecule has 1 aromatic carbocycles. The van der Waals surface area contributed by atoms with E-state index in [-0.39, 0.29) is 11.8 Å². The zero-order chi connectivity index (χ0) is 14.5. The van der Waals surface area contributed by atoms with Gasteiger partial charge in [0, 0.05) is 37.1 Å². The zero-order valence-corrected chi connectivity index (χ0v) is 11.8. The molecule has 5 heteroatoms. The van der Waals surface area contributed by atoms with Crippen molar-refractivity contribution in [2.24, 2.45) is 5.92 Å². The van der Waals surface area contributed by atoms with Crippen LogP contribution in [0.1, 0.15) is 12.8 Å². The highest BCUT2D eigenvalue weighted by atomic mass is 16.1. The second-order valence-corrected chi connectivity index (χ2v) is 5.18. The molecule has 108 valence electrons. The molecule has 0 aliphatic carbocycles. The summed E-state index contributed by atoms with van der Waals surface area (Å²) in [6, 6.07) is 9.60. The minimum absolute atomic E-state index is 0.0677. The Hall–Kier alpha value is -2.43. The first kappa shape index (κ1) is 13.5. The largest absolute Gasteiger partial charge is 0.355 e. The number of piperidine rings is 1. The van der Waals surface area contributed by atoms with Crippen molar-refractivity contribution in [1.82, 2.24) is 9.97 Å². The predicted molar refractivity (Wildman–Crippen MR) is 82.0 cm³/mol. The van der Waals surface area contributed by atoms with Gasteiger partial charge in [-0.1, -0.05) is 18.2 Å². The molecule has 5 nitrogen and oxygen atoms in total. The van der Waals surface area contributed by atoms with Crippen LogP contribution in [0.25, 0.3) is 0 Å². The fourth-order valence-corrected chi connectivity index (χ4v) is 2.59. The number of para-hydroxylation sites is 1. The molecular weight excluding hydrogens is 264 g/mol. The van der Waals surface area contributed by atoms with Gasteiger partial charge in [0.05, 0.1) is 6.20 Å². The summed E-state index contributed by atoms with van der Waals surface area (Å²) in [5, 5.41) is 2.98. The first-order valence-corrected chi connectivity index (χ1v) is 7.20. The molecule has 1 aromatic heterocycles. The molecule has 2 aromatic rings. The zero-order valence-electron chi connectivity index (χ0n) is 11.8. The number of amides is 1. The van der Waals surface area contributed by atoms with Crippen LogP contribution in [0.5, 0.6) is 0 Å². The summed E-state index contributed by atoms with van der Waals surface area (Å²) in [6.07, 6.45) is 6.82. The average molecular weight is 282 g/mol. The predicted octanol–water partition coefficient (Wildman–Crippen LogP) is 2.33. The van der Waals surface area contributed by atoms with Crippen molar-refractivity contribution in [3.05, 3.63) is 48.9 Å². The number of benzene rings is 1. The molecule has 0 bridgehead atoms. The maximum atomic E-state index is 12.3. The molecule has 1 aliphatic rings. The molecule has 0 spiro atoms. The lowest BCUT2D eigenvalue weighted by Gasteiger charge is -2.31. The number of carbonyl (C=O) groups is 1. The molecule has 3 rings (SSSR count). The maximum Gasteiger partial charge on any atom is 0.227 e. The molecule has 0 atom stereocenters. The lowest BCUT2D eigenvalue weighted by Crippen LogP contribution is -2.38. The van der Waals surface area contributed by atoms with Crippen LogP contribution in [0.15, 0.2) is 48.9 Å². The first-order valence-electron chi connectivity index (χ1n) is 7.20. The lowest BCUT2D eigenvalue weighted by molar-refractivity contribution is -0.120. The fourth-order valence-electron chi connectivity index (χ4n) is 2.59. The summed E-state index contributed by atoms with van der Waals surface area (Å²) in [5.41, 5.74) is 0.860. The Labute approximate surface area is 124 Å². The number of aromatic nitrogens is 2. The van der Waals surface area contributed by atoms with E-state index in [0.29, 0.717) is 0 Å². The molecule has 1 saturated heterocycles. The van der Waals surface area contributed by atoms with Crippen LogP contribution in [-0.2, 0) is 4.79 Å². The van der Waals surface area contributed by atoms with E-state index in [9.17, 15) is 4.79 Å². The third-order valence-corrected chi connectivity index (χ3v) is 3.78. The molecular formula is C16H18N4O. The average Bonchev–Trinajstić information content (AvgIpc) is 2.57. The van der Waals surface area contributed by atoms with E-state index < -0.39 is 0 Å². The second-order valence-electron chi connectivity index (χ2n) is 5.18. The molecule has 1 aliphatic heterocycles. The van der Waals surface area contributed by atoms with Crippen molar-refractivity contribution in [2.45, 2.75) is 12.8 Å². The van der Waals surface area contributed by atoms with Crippen LogP contribution >= 0.6 is 0 Å². The van der Waals surface area contributed by atoms with Crippen LogP contribution in [0.2, 0.25) is 0 Å². The van der Waals surface area contributed by atoms with Crippen molar-refractivity contribution in [2.75, 3.05) is 23.3 Å². The van der Waals surface area contributed by atoms with Gasteiger partial charge in [-0.15, -0.1) is 0 Å². The highest BCUT2D eigenvalue weighted by Gasteiger charge is 2.25. The minimum atomic E-state index is 0.0677. The van der Waals surface area contributed by atoms with Gasteiger partial charge in [-0.2, -0.15) is 0 Å². The van der Waals surface area contributed by atoms with Gasteiger partial charge in [-0.3, -0.25) is 9.78 Å². The van der Waals surface area contributed by atoms with Gasteiger partial charge >= 0.3 is 0 Å². The molecule has 0 saturated carbocycles. The van der Waals surface area contributed by atoms with Crippen molar-refractivity contribution in [3.63, 3.8) is 0 Å². The van der Waals surface area contributed by atoms with Gasteiger partial charge in [-0.25, -0.2) is 4.98 Å². The van der Waals surface area contributed by atoms with E-state index in [2.05, 4.69) is 20.2 Å². The quantitative estimate of drug-likeness (QED) is 0.938. The Morgan fingerprint density at radius 2 is 1.90 bits per heavy atom. The van der Waals surface area contributed by atoms with Gasteiger partial charge in [0.2, 0.25) is 5.91 Å². The summed E-state index contributed by atoms with van der Waals surface area (Å²) in [5.74, 6) is 1.07. The summed E-state index contributed by atoms with van der Waals surface area (Å²) in [6.45, 7) is 1.68. The van der Waals surface area contributed by atoms with E-state index in [4.69, 9.17) is 0 Å². The van der Waals surface area contributed by atoms with E-state index in [1.807, 2.05) is 30.3 Å².